The highest BCUT2D eigenvalue weighted by Crippen LogP contribution is 2.24. The Labute approximate surface area is 124 Å². The topological polar surface area (TPSA) is 63.6 Å². The predicted octanol–water partition coefficient (Wildman–Crippen LogP) is 3.18. The number of phenolic OH excluding ortho intramolecular Hbond substituents is 1. The summed E-state index contributed by atoms with van der Waals surface area (Å²) in [6.07, 6.45) is 3.74. The first-order chi connectivity index (χ1) is 10.0. The Morgan fingerprint density at radius 2 is 1.52 bits per heavy atom. The molecule has 0 spiro atoms. The van der Waals surface area contributed by atoms with Gasteiger partial charge in [-0.15, -0.1) is 0 Å². The van der Waals surface area contributed by atoms with Crippen LogP contribution in [0.1, 0.15) is 6.92 Å². The second-order valence-electron chi connectivity index (χ2n) is 4.35. The summed E-state index contributed by atoms with van der Waals surface area (Å²) in [5.74, 6) is 0.638. The Bertz CT molecular complexity index is 714. The van der Waals surface area contributed by atoms with E-state index in [-0.39, 0.29) is 15.5 Å². The van der Waals surface area contributed by atoms with Gasteiger partial charge in [0.2, 0.25) is 9.84 Å². The molecule has 21 heavy (non-hydrogen) atoms. The summed E-state index contributed by atoms with van der Waals surface area (Å²) in [5, 5.41) is 9.22. The van der Waals surface area contributed by atoms with Gasteiger partial charge in [-0.25, -0.2) is 8.42 Å². The number of aromatic hydroxyl groups is 1. The zero-order valence-electron chi connectivity index (χ0n) is 11.6. The molecule has 0 saturated carbocycles. The average molecular weight is 304 g/mol. The summed E-state index contributed by atoms with van der Waals surface area (Å²) in [6, 6.07) is 11.7. The van der Waals surface area contributed by atoms with E-state index in [0.717, 1.165) is 0 Å². The largest absolute Gasteiger partial charge is 0.508 e. The first-order valence-corrected chi connectivity index (χ1v) is 7.90. The van der Waals surface area contributed by atoms with E-state index in [1.807, 2.05) is 19.1 Å². The maximum atomic E-state index is 12.4. The SMILES string of the molecule is C/C=C/COc1ccc(S(=O)(=O)c2ccc(O)cc2)cc1. The second-order valence-corrected chi connectivity index (χ2v) is 6.30. The standard InChI is InChI=1S/C16H16O4S/c1-2-3-12-20-14-6-10-16(11-7-14)21(18,19)15-8-4-13(17)5-9-15/h2-11,17H,12H2,1H3/b3-2+. The van der Waals surface area contributed by atoms with Crippen LogP contribution in [0.4, 0.5) is 0 Å². The van der Waals surface area contributed by atoms with Gasteiger partial charge in [-0.3, -0.25) is 0 Å². The maximum Gasteiger partial charge on any atom is 0.206 e. The smallest absolute Gasteiger partial charge is 0.206 e. The molecule has 4 nitrogen and oxygen atoms in total. The highest BCUT2D eigenvalue weighted by Gasteiger charge is 2.17. The van der Waals surface area contributed by atoms with Crippen molar-refractivity contribution in [3.8, 4) is 11.5 Å². The van der Waals surface area contributed by atoms with Crippen molar-refractivity contribution in [2.24, 2.45) is 0 Å². The first kappa shape index (κ1) is 15.1. The third kappa shape index (κ3) is 3.64. The molecule has 0 aromatic heterocycles. The number of hydrogen-bond donors (Lipinski definition) is 1. The van der Waals surface area contributed by atoms with Crippen molar-refractivity contribution in [1.82, 2.24) is 0 Å². The van der Waals surface area contributed by atoms with Crippen molar-refractivity contribution in [2.75, 3.05) is 6.61 Å². The molecule has 5 heteroatoms. The van der Waals surface area contributed by atoms with E-state index in [9.17, 15) is 13.5 Å². The fourth-order valence-corrected chi connectivity index (χ4v) is 2.98. The summed E-state index contributed by atoms with van der Waals surface area (Å²) in [4.78, 5) is 0.328. The van der Waals surface area contributed by atoms with Crippen molar-refractivity contribution < 1.29 is 18.3 Å². The van der Waals surface area contributed by atoms with Gasteiger partial charge in [-0.1, -0.05) is 12.2 Å². The van der Waals surface area contributed by atoms with Crippen molar-refractivity contribution in [3.63, 3.8) is 0 Å². The second kappa shape index (κ2) is 6.45. The van der Waals surface area contributed by atoms with Crippen molar-refractivity contribution in [1.29, 1.82) is 0 Å². The molecule has 2 aromatic rings. The fraction of sp³-hybridized carbons (Fsp3) is 0.125. The van der Waals surface area contributed by atoms with Gasteiger partial charge in [-0.2, -0.15) is 0 Å². The third-order valence-electron chi connectivity index (χ3n) is 2.86. The molecule has 0 fully saturated rings. The van der Waals surface area contributed by atoms with Crippen LogP contribution in [-0.2, 0) is 9.84 Å². The van der Waals surface area contributed by atoms with Crippen LogP contribution in [-0.4, -0.2) is 20.1 Å². The molecule has 0 aliphatic rings. The number of allylic oxidation sites excluding steroid dienone is 1. The molecule has 0 unspecified atom stereocenters. The molecule has 2 rings (SSSR count). The number of rotatable bonds is 5. The fourth-order valence-electron chi connectivity index (χ4n) is 1.72. The number of benzene rings is 2. The van der Waals surface area contributed by atoms with Gasteiger partial charge in [0, 0.05) is 0 Å². The molecule has 2 aromatic carbocycles. The van der Waals surface area contributed by atoms with Gasteiger partial charge in [-0.05, 0) is 55.5 Å². The minimum Gasteiger partial charge on any atom is -0.508 e. The lowest BCUT2D eigenvalue weighted by molar-refractivity contribution is 0.362. The normalized spacial score (nSPS) is 11.7. The van der Waals surface area contributed by atoms with Gasteiger partial charge < -0.3 is 9.84 Å². The summed E-state index contributed by atoms with van der Waals surface area (Å²) >= 11 is 0. The Kier molecular flexibility index (Phi) is 4.65. The quantitative estimate of drug-likeness (QED) is 0.862. The Hall–Kier alpha value is -2.27. The van der Waals surface area contributed by atoms with E-state index < -0.39 is 9.84 Å². The lowest BCUT2D eigenvalue weighted by Crippen LogP contribution is -2.02. The lowest BCUT2D eigenvalue weighted by atomic mass is 10.3. The predicted molar refractivity (Wildman–Crippen MR) is 80.3 cm³/mol. The average Bonchev–Trinajstić information content (AvgIpc) is 2.48. The monoisotopic (exact) mass is 304 g/mol. The van der Waals surface area contributed by atoms with Crippen LogP contribution in [0, 0.1) is 0 Å². The van der Waals surface area contributed by atoms with Crippen molar-refractivity contribution >= 4 is 9.84 Å². The number of sulfone groups is 1. The highest BCUT2D eigenvalue weighted by atomic mass is 32.2. The number of hydrogen-bond acceptors (Lipinski definition) is 4. The third-order valence-corrected chi connectivity index (χ3v) is 4.65. The molecule has 0 saturated heterocycles. The van der Waals surface area contributed by atoms with Crippen molar-refractivity contribution in [3.05, 3.63) is 60.7 Å². The van der Waals surface area contributed by atoms with Crippen LogP contribution in [0.5, 0.6) is 11.5 Å². The van der Waals surface area contributed by atoms with Gasteiger partial charge in [0.25, 0.3) is 0 Å². The molecule has 0 atom stereocenters. The van der Waals surface area contributed by atoms with Crippen molar-refractivity contribution in [2.45, 2.75) is 16.7 Å². The highest BCUT2D eigenvalue weighted by molar-refractivity contribution is 7.91. The Morgan fingerprint density at radius 3 is 2.05 bits per heavy atom. The van der Waals surface area contributed by atoms with Crippen LogP contribution in [0.15, 0.2) is 70.5 Å². The number of phenols is 1. The minimum absolute atomic E-state index is 0.0293. The number of ether oxygens (including phenoxy) is 1. The van der Waals surface area contributed by atoms with Crippen LogP contribution >= 0.6 is 0 Å². The molecular weight excluding hydrogens is 288 g/mol. The van der Waals surface area contributed by atoms with E-state index >= 15 is 0 Å². The van der Waals surface area contributed by atoms with Gasteiger partial charge in [0.05, 0.1) is 9.79 Å². The zero-order valence-corrected chi connectivity index (χ0v) is 12.4. The van der Waals surface area contributed by atoms with E-state index in [4.69, 9.17) is 4.74 Å². The molecule has 0 radical (unpaired) electrons. The molecule has 0 amide bonds. The molecule has 0 aliphatic heterocycles. The van der Waals surface area contributed by atoms with E-state index in [0.29, 0.717) is 12.4 Å². The summed E-state index contributed by atoms with van der Waals surface area (Å²) in [6.45, 7) is 2.34. The first-order valence-electron chi connectivity index (χ1n) is 6.42. The minimum atomic E-state index is -3.58. The van der Waals surface area contributed by atoms with Gasteiger partial charge >= 0.3 is 0 Å². The molecule has 110 valence electrons. The van der Waals surface area contributed by atoms with Crippen LogP contribution in [0.3, 0.4) is 0 Å². The summed E-state index contributed by atoms with van der Waals surface area (Å²) in [7, 11) is -3.58. The van der Waals surface area contributed by atoms with E-state index in [1.165, 1.54) is 36.4 Å². The lowest BCUT2D eigenvalue weighted by Gasteiger charge is -2.07. The van der Waals surface area contributed by atoms with Crippen LogP contribution in [0.25, 0.3) is 0 Å². The molecular formula is C16H16O4S. The molecule has 1 N–H and O–H groups in total. The van der Waals surface area contributed by atoms with Crippen LogP contribution in [0.2, 0.25) is 0 Å². The molecule has 0 bridgehead atoms. The molecule has 0 aliphatic carbocycles. The summed E-state index contributed by atoms with van der Waals surface area (Å²) in [5.41, 5.74) is 0. The van der Waals surface area contributed by atoms with E-state index in [2.05, 4.69) is 0 Å². The Balaban J connectivity index is 2.22. The summed E-state index contributed by atoms with van der Waals surface area (Å²) < 4.78 is 30.2. The van der Waals surface area contributed by atoms with E-state index in [1.54, 1.807) is 12.1 Å². The van der Waals surface area contributed by atoms with Gasteiger partial charge in [0.1, 0.15) is 18.1 Å². The maximum absolute atomic E-state index is 12.4. The zero-order chi connectivity index (χ0) is 15.3. The molecule has 0 heterocycles. The van der Waals surface area contributed by atoms with Gasteiger partial charge in [0.15, 0.2) is 0 Å². The van der Waals surface area contributed by atoms with Crippen LogP contribution < -0.4 is 4.74 Å². The Morgan fingerprint density at radius 1 is 1.00 bits per heavy atom.